The first kappa shape index (κ1) is 12.0. The van der Waals surface area contributed by atoms with Gasteiger partial charge in [0.2, 0.25) is 0 Å². The number of hydrogen-bond donors (Lipinski definition) is 1. The van der Waals surface area contributed by atoms with Crippen LogP contribution < -0.4 is 5.32 Å². The highest BCUT2D eigenvalue weighted by atomic mass is 19.1. The van der Waals surface area contributed by atoms with Crippen LogP contribution in [-0.4, -0.2) is 11.9 Å². The topological polar surface area (TPSA) is 29.1 Å². The molecule has 0 aliphatic heterocycles. The van der Waals surface area contributed by atoms with Gasteiger partial charge in [0.05, 0.1) is 5.56 Å². The van der Waals surface area contributed by atoms with Crippen molar-refractivity contribution in [1.29, 1.82) is 0 Å². The molecule has 1 saturated carbocycles. The van der Waals surface area contributed by atoms with Crippen LogP contribution in [0.5, 0.6) is 0 Å². The summed E-state index contributed by atoms with van der Waals surface area (Å²) in [6.07, 6.45) is 5.18. The molecule has 0 radical (unpaired) electrons. The van der Waals surface area contributed by atoms with Crippen LogP contribution in [0, 0.1) is 11.6 Å². The van der Waals surface area contributed by atoms with E-state index in [0.717, 1.165) is 43.9 Å². The summed E-state index contributed by atoms with van der Waals surface area (Å²) in [5.41, 5.74) is -0.212. The first-order chi connectivity index (χ1) is 8.16. The highest BCUT2D eigenvalue weighted by Crippen LogP contribution is 2.18. The van der Waals surface area contributed by atoms with E-state index >= 15 is 0 Å². The zero-order chi connectivity index (χ0) is 12.3. The number of nitrogens with one attached hydrogen (secondary N) is 1. The van der Waals surface area contributed by atoms with Gasteiger partial charge >= 0.3 is 0 Å². The van der Waals surface area contributed by atoms with Crippen molar-refractivity contribution >= 4 is 5.91 Å². The van der Waals surface area contributed by atoms with E-state index in [0.29, 0.717) is 0 Å². The maximum absolute atomic E-state index is 13.3. The highest BCUT2D eigenvalue weighted by molar-refractivity contribution is 5.94. The number of rotatable bonds is 2. The Bertz CT molecular complexity index is 414. The van der Waals surface area contributed by atoms with E-state index in [1.165, 1.54) is 6.42 Å². The van der Waals surface area contributed by atoms with Crippen molar-refractivity contribution in [1.82, 2.24) is 5.32 Å². The Kier molecular flexibility index (Phi) is 3.71. The number of hydrogen-bond acceptors (Lipinski definition) is 1. The van der Waals surface area contributed by atoms with E-state index < -0.39 is 17.5 Å². The van der Waals surface area contributed by atoms with Crippen LogP contribution in [0.25, 0.3) is 0 Å². The molecule has 1 N–H and O–H groups in total. The molecule has 1 fully saturated rings. The Morgan fingerprint density at radius 3 is 2.59 bits per heavy atom. The Balaban J connectivity index is 2.05. The number of halogens is 2. The van der Waals surface area contributed by atoms with E-state index in [1.54, 1.807) is 0 Å². The van der Waals surface area contributed by atoms with Crippen molar-refractivity contribution in [3.8, 4) is 0 Å². The second-order valence-electron chi connectivity index (χ2n) is 4.43. The molecule has 17 heavy (non-hydrogen) atoms. The number of carbonyl (C=O) groups is 1. The smallest absolute Gasteiger partial charge is 0.254 e. The molecule has 0 unspecified atom stereocenters. The van der Waals surface area contributed by atoms with Gasteiger partial charge in [-0.25, -0.2) is 8.78 Å². The van der Waals surface area contributed by atoms with Crippen molar-refractivity contribution in [2.75, 3.05) is 0 Å². The molecule has 1 aromatic carbocycles. The van der Waals surface area contributed by atoms with Crippen LogP contribution in [0.3, 0.4) is 0 Å². The normalized spacial score (nSPS) is 16.8. The molecule has 1 aliphatic rings. The van der Waals surface area contributed by atoms with Crippen molar-refractivity contribution in [2.24, 2.45) is 0 Å². The van der Waals surface area contributed by atoms with Crippen LogP contribution in [0.15, 0.2) is 18.2 Å². The molecule has 4 heteroatoms. The second-order valence-corrected chi connectivity index (χ2v) is 4.43. The molecule has 1 aromatic rings. The quantitative estimate of drug-likeness (QED) is 0.844. The van der Waals surface area contributed by atoms with Gasteiger partial charge in [-0.2, -0.15) is 0 Å². The molecule has 0 heterocycles. The molecule has 0 spiro atoms. The summed E-state index contributed by atoms with van der Waals surface area (Å²) in [5.74, 6) is -1.80. The standard InChI is InChI=1S/C13H15F2NO/c14-9-6-7-12(15)11(8-9)13(17)16-10-4-2-1-3-5-10/h6-8,10H,1-5H2,(H,16,17). The maximum Gasteiger partial charge on any atom is 0.254 e. The summed E-state index contributed by atoms with van der Waals surface area (Å²) in [7, 11) is 0. The lowest BCUT2D eigenvalue weighted by molar-refractivity contribution is 0.0923. The van der Waals surface area contributed by atoms with Crippen LogP contribution in [0.2, 0.25) is 0 Å². The summed E-state index contributed by atoms with van der Waals surface area (Å²) in [6.45, 7) is 0. The Morgan fingerprint density at radius 1 is 1.18 bits per heavy atom. The van der Waals surface area contributed by atoms with Crippen LogP contribution in [0.1, 0.15) is 42.5 Å². The third kappa shape index (κ3) is 3.02. The SMILES string of the molecule is O=C(NC1CCCCC1)c1cc(F)ccc1F. The summed E-state index contributed by atoms with van der Waals surface area (Å²) in [6, 6.07) is 3.02. The lowest BCUT2D eigenvalue weighted by atomic mass is 9.95. The van der Waals surface area contributed by atoms with Gasteiger partial charge in [0.1, 0.15) is 11.6 Å². The summed E-state index contributed by atoms with van der Waals surface area (Å²) in [5, 5.41) is 2.76. The average molecular weight is 239 g/mol. The van der Waals surface area contributed by atoms with Gasteiger partial charge in [-0.3, -0.25) is 4.79 Å². The van der Waals surface area contributed by atoms with Crippen LogP contribution >= 0.6 is 0 Å². The number of benzene rings is 1. The van der Waals surface area contributed by atoms with Gasteiger partial charge in [0, 0.05) is 6.04 Å². The summed E-state index contributed by atoms with van der Waals surface area (Å²) < 4.78 is 26.3. The lowest BCUT2D eigenvalue weighted by Gasteiger charge is -2.22. The Hall–Kier alpha value is -1.45. The van der Waals surface area contributed by atoms with Gasteiger partial charge in [-0.05, 0) is 31.0 Å². The van der Waals surface area contributed by atoms with Crippen molar-refractivity contribution in [3.63, 3.8) is 0 Å². The zero-order valence-corrected chi connectivity index (χ0v) is 9.51. The average Bonchev–Trinajstić information content (AvgIpc) is 2.33. The molecule has 0 saturated heterocycles. The summed E-state index contributed by atoms with van der Waals surface area (Å²) >= 11 is 0. The molecule has 0 bridgehead atoms. The fraction of sp³-hybridized carbons (Fsp3) is 0.462. The molecule has 0 aromatic heterocycles. The fourth-order valence-corrected chi connectivity index (χ4v) is 2.18. The molecule has 1 aliphatic carbocycles. The Morgan fingerprint density at radius 2 is 1.88 bits per heavy atom. The predicted octanol–water partition coefficient (Wildman–Crippen LogP) is 3.03. The predicted molar refractivity (Wildman–Crippen MR) is 60.7 cm³/mol. The maximum atomic E-state index is 13.3. The Labute approximate surface area is 99.0 Å². The van der Waals surface area contributed by atoms with E-state index in [1.807, 2.05) is 0 Å². The minimum atomic E-state index is -0.681. The first-order valence-corrected chi connectivity index (χ1v) is 5.93. The largest absolute Gasteiger partial charge is 0.349 e. The molecule has 2 nitrogen and oxygen atoms in total. The van der Waals surface area contributed by atoms with Crippen LogP contribution in [-0.2, 0) is 0 Å². The third-order valence-electron chi connectivity index (χ3n) is 3.11. The van der Waals surface area contributed by atoms with E-state index in [-0.39, 0.29) is 11.6 Å². The minimum absolute atomic E-state index is 0.0962. The number of amides is 1. The van der Waals surface area contributed by atoms with E-state index in [2.05, 4.69) is 5.32 Å². The fourth-order valence-electron chi connectivity index (χ4n) is 2.18. The van der Waals surface area contributed by atoms with E-state index in [4.69, 9.17) is 0 Å². The van der Waals surface area contributed by atoms with Crippen LogP contribution in [0.4, 0.5) is 8.78 Å². The monoisotopic (exact) mass is 239 g/mol. The van der Waals surface area contributed by atoms with Crippen molar-refractivity contribution in [2.45, 2.75) is 38.1 Å². The molecule has 2 rings (SSSR count). The molecule has 0 atom stereocenters. The minimum Gasteiger partial charge on any atom is -0.349 e. The number of carbonyl (C=O) groups excluding carboxylic acids is 1. The van der Waals surface area contributed by atoms with Gasteiger partial charge < -0.3 is 5.32 Å². The molecule has 92 valence electrons. The first-order valence-electron chi connectivity index (χ1n) is 5.93. The van der Waals surface area contributed by atoms with Gasteiger partial charge in [0.15, 0.2) is 0 Å². The lowest BCUT2D eigenvalue weighted by Crippen LogP contribution is -2.36. The van der Waals surface area contributed by atoms with Gasteiger partial charge in [-0.15, -0.1) is 0 Å². The molecular weight excluding hydrogens is 224 g/mol. The third-order valence-corrected chi connectivity index (χ3v) is 3.11. The van der Waals surface area contributed by atoms with Crippen molar-refractivity contribution in [3.05, 3.63) is 35.4 Å². The summed E-state index contributed by atoms with van der Waals surface area (Å²) in [4.78, 5) is 11.8. The molecular formula is C13H15F2NO. The van der Waals surface area contributed by atoms with Crippen molar-refractivity contribution < 1.29 is 13.6 Å². The van der Waals surface area contributed by atoms with E-state index in [9.17, 15) is 13.6 Å². The second kappa shape index (κ2) is 5.25. The zero-order valence-electron chi connectivity index (χ0n) is 9.51. The molecule has 1 amide bonds. The highest BCUT2D eigenvalue weighted by Gasteiger charge is 2.19. The van der Waals surface area contributed by atoms with Gasteiger partial charge in [-0.1, -0.05) is 19.3 Å². The van der Waals surface area contributed by atoms with Gasteiger partial charge in [0.25, 0.3) is 5.91 Å².